The van der Waals surface area contributed by atoms with Crippen LogP contribution in [0.5, 0.6) is 11.5 Å². The van der Waals surface area contributed by atoms with Crippen LogP contribution in [0.4, 0.5) is 24.5 Å². The second-order valence-electron chi connectivity index (χ2n) is 8.23. The Kier molecular flexibility index (Phi) is 8.30. The van der Waals surface area contributed by atoms with Gasteiger partial charge in [0.25, 0.3) is 5.91 Å². The number of halogens is 3. The Morgan fingerprint density at radius 2 is 1.70 bits per heavy atom. The van der Waals surface area contributed by atoms with Gasteiger partial charge in [0.1, 0.15) is 29.5 Å². The number of hydrogen-bond acceptors (Lipinski definition) is 8. The highest BCUT2D eigenvalue weighted by atomic mass is 32.1. The number of carbonyl (C=O) groups is 1. The number of ether oxygens (including phenoxy) is 2. The number of carbonyl (C=O) groups excluding carboxylic acids is 1. The predicted octanol–water partition coefficient (Wildman–Crippen LogP) is 5.87. The Morgan fingerprint density at radius 1 is 1.02 bits per heavy atom. The van der Waals surface area contributed by atoms with Crippen LogP contribution in [0.1, 0.15) is 5.56 Å². The Bertz CT molecular complexity index is 1590. The molecule has 0 fully saturated rings. The summed E-state index contributed by atoms with van der Waals surface area (Å²) in [5, 5.41) is 19.6. The van der Waals surface area contributed by atoms with E-state index in [1.54, 1.807) is 49.6 Å². The van der Waals surface area contributed by atoms with Crippen LogP contribution in [0, 0.1) is 18.3 Å². The van der Waals surface area contributed by atoms with Crippen LogP contribution in [-0.2, 0) is 4.79 Å². The number of nitrogens with one attached hydrogen (secondary N) is 2. The standard InChI is InChI=1S/C27H21F3N6O3S/c1-16-13-21(38-2)11-12-23(16)34-26(40)22(14-31)25(37)33-18-5-3-17(4-6-18)24-32-15-36(35-24)19-7-9-20(10-8-19)39-27(28,29)30/h3-13,15,34,40H,1-2H3,(H,33,37). The molecule has 0 unspecified atom stereocenters. The summed E-state index contributed by atoms with van der Waals surface area (Å²) < 4.78 is 47.5. The Morgan fingerprint density at radius 3 is 2.30 bits per heavy atom. The van der Waals surface area contributed by atoms with Gasteiger partial charge in [-0.2, -0.15) is 5.26 Å². The van der Waals surface area contributed by atoms with Crippen LogP contribution in [0.25, 0.3) is 17.1 Å². The molecular formula is C27H21F3N6O3S. The highest BCUT2D eigenvalue weighted by Crippen LogP contribution is 2.26. The number of methoxy groups -OCH3 is 1. The third kappa shape index (κ3) is 6.91. The van der Waals surface area contributed by atoms with Gasteiger partial charge in [-0.1, -0.05) is 0 Å². The van der Waals surface area contributed by atoms with Crippen LogP contribution in [0.15, 0.2) is 83.7 Å². The number of nitrogens with zero attached hydrogens (tertiary/aromatic N) is 4. The molecule has 0 saturated heterocycles. The summed E-state index contributed by atoms with van der Waals surface area (Å²) in [6, 6.07) is 18.9. The molecule has 0 aliphatic heterocycles. The third-order valence-electron chi connectivity index (χ3n) is 5.49. The van der Waals surface area contributed by atoms with Gasteiger partial charge in [0.05, 0.1) is 17.8 Å². The topological polar surface area (TPSA) is 114 Å². The number of thiol groups is 1. The Balaban J connectivity index is 1.43. The van der Waals surface area contributed by atoms with Crippen LogP contribution in [0.2, 0.25) is 0 Å². The van der Waals surface area contributed by atoms with Gasteiger partial charge in [-0.15, -0.1) is 30.9 Å². The molecule has 0 atom stereocenters. The first-order valence-corrected chi connectivity index (χ1v) is 12.0. The summed E-state index contributed by atoms with van der Waals surface area (Å²) in [6.45, 7) is 1.85. The number of aryl methyl sites for hydroxylation is 1. The van der Waals surface area contributed by atoms with E-state index in [0.717, 1.165) is 5.56 Å². The number of anilines is 2. The normalized spacial score (nSPS) is 11.7. The van der Waals surface area contributed by atoms with E-state index in [2.05, 4.69) is 38.1 Å². The predicted molar refractivity (Wildman–Crippen MR) is 145 cm³/mol. The monoisotopic (exact) mass is 566 g/mol. The quantitative estimate of drug-likeness (QED) is 0.139. The number of benzene rings is 3. The van der Waals surface area contributed by atoms with Gasteiger partial charge in [-0.3, -0.25) is 4.79 Å². The first-order chi connectivity index (χ1) is 19.1. The molecule has 40 heavy (non-hydrogen) atoms. The van der Waals surface area contributed by atoms with Crippen molar-refractivity contribution in [2.45, 2.75) is 13.3 Å². The summed E-state index contributed by atoms with van der Waals surface area (Å²) >= 11 is 4.32. The molecule has 1 aromatic heterocycles. The fourth-order valence-electron chi connectivity index (χ4n) is 3.52. The summed E-state index contributed by atoms with van der Waals surface area (Å²) in [4.78, 5) is 17.0. The van der Waals surface area contributed by atoms with Gasteiger partial charge in [0, 0.05) is 16.9 Å². The maximum Gasteiger partial charge on any atom is 0.573 e. The van der Waals surface area contributed by atoms with Crippen LogP contribution >= 0.6 is 12.6 Å². The van der Waals surface area contributed by atoms with Crippen molar-refractivity contribution in [3.63, 3.8) is 0 Å². The summed E-state index contributed by atoms with van der Waals surface area (Å²) in [6.07, 6.45) is -3.36. The van der Waals surface area contributed by atoms with Crippen molar-refractivity contribution in [1.29, 1.82) is 5.26 Å². The maximum absolute atomic E-state index is 12.8. The minimum absolute atomic E-state index is 0.0811. The Hall–Kier alpha value is -4.96. The molecule has 1 heterocycles. The SMILES string of the molecule is COc1ccc(NC(S)=C(C#N)C(=O)Nc2ccc(-c3ncn(-c4ccc(OC(F)(F)F)cc4)n3)cc2)c(C)c1. The number of nitriles is 1. The van der Waals surface area contributed by atoms with Crippen molar-refractivity contribution < 1.29 is 27.4 Å². The zero-order valence-electron chi connectivity index (χ0n) is 21.0. The lowest BCUT2D eigenvalue weighted by atomic mass is 10.2. The van der Waals surface area contributed by atoms with Crippen molar-refractivity contribution in [2.75, 3.05) is 17.7 Å². The zero-order valence-corrected chi connectivity index (χ0v) is 21.9. The molecule has 0 bridgehead atoms. The van der Waals surface area contributed by atoms with E-state index in [-0.39, 0.29) is 16.4 Å². The average molecular weight is 567 g/mol. The zero-order chi connectivity index (χ0) is 28.9. The largest absolute Gasteiger partial charge is 0.573 e. The minimum atomic E-state index is -4.78. The second-order valence-corrected chi connectivity index (χ2v) is 8.67. The molecule has 4 rings (SSSR count). The van der Waals surface area contributed by atoms with Gasteiger partial charge in [-0.05, 0) is 79.2 Å². The van der Waals surface area contributed by atoms with E-state index in [0.29, 0.717) is 34.2 Å². The number of rotatable bonds is 8. The highest BCUT2D eigenvalue weighted by Gasteiger charge is 2.31. The molecule has 4 aromatic rings. The molecular weight excluding hydrogens is 545 g/mol. The van der Waals surface area contributed by atoms with E-state index in [1.165, 1.54) is 35.3 Å². The van der Waals surface area contributed by atoms with Crippen molar-refractivity contribution in [3.05, 3.63) is 89.2 Å². The third-order valence-corrected chi connectivity index (χ3v) is 5.83. The molecule has 0 radical (unpaired) electrons. The van der Waals surface area contributed by atoms with Crippen LogP contribution in [-0.4, -0.2) is 34.1 Å². The fourth-order valence-corrected chi connectivity index (χ4v) is 3.79. The molecule has 0 spiro atoms. The van der Waals surface area contributed by atoms with E-state index < -0.39 is 12.3 Å². The summed E-state index contributed by atoms with van der Waals surface area (Å²) in [7, 11) is 1.56. The molecule has 0 aliphatic carbocycles. The average Bonchev–Trinajstić information content (AvgIpc) is 3.40. The van der Waals surface area contributed by atoms with Gasteiger partial charge in [0.15, 0.2) is 5.82 Å². The number of amides is 1. The minimum Gasteiger partial charge on any atom is -0.497 e. The van der Waals surface area contributed by atoms with Gasteiger partial charge in [-0.25, -0.2) is 9.67 Å². The van der Waals surface area contributed by atoms with Crippen molar-refractivity contribution in [3.8, 4) is 34.6 Å². The molecule has 204 valence electrons. The van der Waals surface area contributed by atoms with Crippen molar-refractivity contribution >= 4 is 29.9 Å². The first kappa shape index (κ1) is 28.1. The molecule has 2 N–H and O–H groups in total. The number of alkyl halides is 3. The lowest BCUT2D eigenvalue weighted by molar-refractivity contribution is -0.274. The lowest BCUT2D eigenvalue weighted by Crippen LogP contribution is -2.17. The fraction of sp³-hybridized carbons (Fsp3) is 0.111. The molecule has 0 saturated carbocycles. The van der Waals surface area contributed by atoms with E-state index >= 15 is 0 Å². The van der Waals surface area contributed by atoms with Gasteiger partial charge < -0.3 is 20.1 Å². The Labute approximate surface area is 232 Å². The smallest absolute Gasteiger partial charge is 0.497 e. The van der Waals surface area contributed by atoms with Crippen LogP contribution in [0.3, 0.4) is 0 Å². The molecule has 13 heteroatoms. The molecule has 9 nitrogen and oxygen atoms in total. The van der Waals surface area contributed by atoms with Crippen LogP contribution < -0.4 is 20.1 Å². The highest BCUT2D eigenvalue weighted by molar-refractivity contribution is 7.84. The molecule has 0 aliphatic rings. The van der Waals surface area contributed by atoms with Gasteiger partial charge >= 0.3 is 6.36 Å². The van der Waals surface area contributed by atoms with Gasteiger partial charge in [0.2, 0.25) is 0 Å². The number of hydrogen-bond donors (Lipinski definition) is 3. The first-order valence-electron chi connectivity index (χ1n) is 11.5. The van der Waals surface area contributed by atoms with E-state index in [1.807, 2.05) is 13.0 Å². The van der Waals surface area contributed by atoms with E-state index in [4.69, 9.17) is 4.74 Å². The second kappa shape index (κ2) is 11.8. The van der Waals surface area contributed by atoms with E-state index in [9.17, 15) is 23.2 Å². The molecule has 3 aromatic carbocycles. The summed E-state index contributed by atoms with van der Waals surface area (Å²) in [5.41, 5.74) is 2.80. The molecule has 1 amide bonds. The van der Waals surface area contributed by atoms with Crippen molar-refractivity contribution in [1.82, 2.24) is 14.8 Å². The summed E-state index contributed by atoms with van der Waals surface area (Å²) in [5.74, 6) is 0.0207. The lowest BCUT2D eigenvalue weighted by Gasteiger charge is -2.12. The van der Waals surface area contributed by atoms with Crippen molar-refractivity contribution in [2.24, 2.45) is 0 Å². The maximum atomic E-state index is 12.8. The number of aromatic nitrogens is 3.